The summed E-state index contributed by atoms with van der Waals surface area (Å²) in [5.41, 5.74) is 6.79. The van der Waals surface area contributed by atoms with Crippen LogP contribution in [0, 0.1) is 0 Å². The Bertz CT molecular complexity index is 1910. The highest BCUT2D eigenvalue weighted by Gasteiger charge is 2.29. The van der Waals surface area contributed by atoms with E-state index in [1.807, 2.05) is 36.4 Å². The fourth-order valence-corrected chi connectivity index (χ4v) is 7.35. The second-order valence-corrected chi connectivity index (χ2v) is 14.5. The van der Waals surface area contributed by atoms with Crippen molar-refractivity contribution in [3.63, 3.8) is 0 Å². The van der Waals surface area contributed by atoms with Gasteiger partial charge < -0.3 is 10.6 Å². The molecule has 6 rings (SSSR count). The predicted octanol–water partition coefficient (Wildman–Crippen LogP) is 15.4. The molecule has 266 valence electrons. The van der Waals surface area contributed by atoms with Gasteiger partial charge in [-0.2, -0.15) is 5.11 Å². The predicted molar refractivity (Wildman–Crippen MR) is 218 cm³/mol. The second kappa shape index (κ2) is 18.1. The van der Waals surface area contributed by atoms with Crippen LogP contribution in [0.25, 0.3) is 21.5 Å². The van der Waals surface area contributed by atoms with Crippen molar-refractivity contribution in [2.24, 2.45) is 20.5 Å². The molecule has 0 amide bonds. The topological polar surface area (TPSA) is 73.5 Å². The van der Waals surface area contributed by atoms with Crippen LogP contribution in [0.5, 0.6) is 0 Å². The average Bonchev–Trinajstić information content (AvgIpc) is 3.15. The Morgan fingerprint density at radius 2 is 0.980 bits per heavy atom. The minimum absolute atomic E-state index is 0.181. The molecule has 51 heavy (non-hydrogen) atoms. The molecule has 5 aromatic rings. The van der Waals surface area contributed by atoms with Gasteiger partial charge in [-0.1, -0.05) is 133 Å². The smallest absolute Gasteiger partial charge is 0.105 e. The van der Waals surface area contributed by atoms with Gasteiger partial charge >= 0.3 is 0 Å². The standard InChI is InChI=1S/C45H56N6/c1-4-6-8-9-10-11-12-13-14-15-18-33-45(3)46-42-24-19-23-38-41(31-32-43(47-45)44(38)42)51-50-40-30-29-39(36-21-16-17-22-37(36)40)49-48-35-27-25-34(26-28-35)20-7-5-2/h16-17,19,21-32,46-47H,4-15,18,20,33H2,1-3H3/b49-48+,51-50+. The Balaban J connectivity index is 1.10. The summed E-state index contributed by atoms with van der Waals surface area (Å²) in [6.07, 6.45) is 19.5. The lowest BCUT2D eigenvalue weighted by Crippen LogP contribution is -2.45. The molecule has 0 aromatic heterocycles. The fraction of sp³-hybridized carbons (Fsp3) is 0.422. The molecule has 1 aliphatic heterocycles. The molecule has 0 saturated carbocycles. The summed E-state index contributed by atoms with van der Waals surface area (Å²) in [5, 5.41) is 30.7. The van der Waals surface area contributed by atoms with Crippen molar-refractivity contribution in [3.8, 4) is 0 Å². The maximum absolute atomic E-state index is 4.81. The first-order valence-corrected chi connectivity index (χ1v) is 19.6. The summed E-state index contributed by atoms with van der Waals surface area (Å²) in [6, 6.07) is 31.3. The maximum Gasteiger partial charge on any atom is 0.105 e. The number of nitrogens with one attached hydrogen (secondary N) is 2. The number of azo groups is 2. The van der Waals surface area contributed by atoms with E-state index in [0.29, 0.717) is 0 Å². The summed E-state index contributed by atoms with van der Waals surface area (Å²) in [4.78, 5) is 0. The monoisotopic (exact) mass is 680 g/mol. The van der Waals surface area contributed by atoms with Crippen LogP contribution in [0.3, 0.4) is 0 Å². The largest absolute Gasteiger partial charge is 0.363 e. The zero-order valence-electron chi connectivity index (χ0n) is 31.1. The molecule has 0 bridgehead atoms. The number of fused-ring (bicyclic) bond motifs is 1. The quantitative estimate of drug-likeness (QED) is 0.0673. The van der Waals surface area contributed by atoms with Crippen LogP contribution >= 0.6 is 0 Å². The molecule has 0 fully saturated rings. The molecule has 1 unspecified atom stereocenters. The van der Waals surface area contributed by atoms with E-state index in [2.05, 4.69) is 96.2 Å². The van der Waals surface area contributed by atoms with Crippen molar-refractivity contribution < 1.29 is 0 Å². The minimum atomic E-state index is -0.181. The first-order valence-electron chi connectivity index (χ1n) is 19.6. The Hall–Kier alpha value is -4.58. The molecule has 0 saturated heterocycles. The van der Waals surface area contributed by atoms with Crippen LogP contribution in [0.15, 0.2) is 111 Å². The van der Waals surface area contributed by atoms with Gasteiger partial charge in [0.2, 0.25) is 0 Å². The first kappa shape index (κ1) is 36.2. The summed E-state index contributed by atoms with van der Waals surface area (Å²) < 4.78 is 0. The average molecular weight is 681 g/mol. The van der Waals surface area contributed by atoms with Crippen molar-refractivity contribution in [1.82, 2.24) is 0 Å². The molecule has 1 heterocycles. The van der Waals surface area contributed by atoms with Crippen LogP contribution in [-0.4, -0.2) is 5.66 Å². The van der Waals surface area contributed by atoms with Crippen LogP contribution in [0.2, 0.25) is 0 Å². The lowest BCUT2D eigenvalue weighted by atomic mass is 9.95. The van der Waals surface area contributed by atoms with E-state index in [1.165, 1.54) is 94.4 Å². The van der Waals surface area contributed by atoms with Gasteiger partial charge in [-0.05, 0) is 80.6 Å². The van der Waals surface area contributed by atoms with E-state index >= 15 is 0 Å². The molecule has 2 N–H and O–H groups in total. The SMILES string of the molecule is CCCCCCCCCCCCCC1(C)Nc2cccc3c(/N=N/c4ccc(/N=N/c5ccc(CCCC)cc5)c5ccccc45)ccc(c23)N1. The number of benzene rings is 5. The maximum atomic E-state index is 4.81. The molecule has 6 heteroatoms. The van der Waals surface area contributed by atoms with Crippen molar-refractivity contribution in [1.29, 1.82) is 0 Å². The fourth-order valence-electron chi connectivity index (χ4n) is 7.35. The molecule has 0 radical (unpaired) electrons. The van der Waals surface area contributed by atoms with Crippen molar-refractivity contribution in [2.45, 2.75) is 123 Å². The highest BCUT2D eigenvalue weighted by molar-refractivity contribution is 6.09. The number of aryl methyl sites for hydroxylation is 1. The van der Waals surface area contributed by atoms with Gasteiger partial charge in [0.05, 0.1) is 22.7 Å². The van der Waals surface area contributed by atoms with E-state index in [1.54, 1.807) is 0 Å². The normalized spacial score (nSPS) is 15.6. The van der Waals surface area contributed by atoms with Crippen molar-refractivity contribution in [2.75, 3.05) is 10.6 Å². The van der Waals surface area contributed by atoms with Gasteiger partial charge in [-0.3, -0.25) is 0 Å². The molecular formula is C45H56N6. The molecule has 5 aromatic carbocycles. The number of rotatable bonds is 19. The van der Waals surface area contributed by atoms with Crippen LogP contribution in [0.4, 0.5) is 34.1 Å². The van der Waals surface area contributed by atoms with E-state index < -0.39 is 0 Å². The number of anilines is 2. The molecule has 1 aliphatic rings. The summed E-state index contributed by atoms with van der Waals surface area (Å²) in [6.45, 7) is 6.80. The van der Waals surface area contributed by atoms with Gasteiger partial charge in [0.15, 0.2) is 0 Å². The highest BCUT2D eigenvalue weighted by Crippen LogP contribution is 2.43. The lowest BCUT2D eigenvalue weighted by molar-refractivity contribution is 0.478. The first-order chi connectivity index (χ1) is 25.1. The van der Waals surface area contributed by atoms with Crippen LogP contribution < -0.4 is 10.6 Å². The van der Waals surface area contributed by atoms with E-state index in [4.69, 9.17) is 10.2 Å². The summed E-state index contributed by atoms with van der Waals surface area (Å²) in [7, 11) is 0. The highest BCUT2D eigenvalue weighted by atomic mass is 15.2. The van der Waals surface area contributed by atoms with Gasteiger partial charge in [-0.15, -0.1) is 15.3 Å². The van der Waals surface area contributed by atoms with E-state index in [0.717, 1.165) is 63.1 Å². The van der Waals surface area contributed by atoms with Gasteiger partial charge in [0, 0.05) is 32.9 Å². The van der Waals surface area contributed by atoms with Crippen molar-refractivity contribution in [3.05, 3.63) is 96.6 Å². The number of nitrogens with zero attached hydrogens (tertiary/aromatic N) is 4. The molecule has 0 spiro atoms. The second-order valence-electron chi connectivity index (χ2n) is 14.5. The molecular weight excluding hydrogens is 625 g/mol. The zero-order chi connectivity index (χ0) is 35.3. The van der Waals surface area contributed by atoms with E-state index in [9.17, 15) is 0 Å². The Labute approximate surface area is 305 Å². The van der Waals surface area contributed by atoms with Crippen molar-refractivity contribution >= 4 is 55.7 Å². The van der Waals surface area contributed by atoms with Crippen LogP contribution in [0.1, 0.15) is 116 Å². The third-order valence-electron chi connectivity index (χ3n) is 10.3. The number of hydrogen-bond donors (Lipinski definition) is 2. The Morgan fingerprint density at radius 3 is 1.61 bits per heavy atom. The van der Waals surface area contributed by atoms with E-state index in [-0.39, 0.29) is 5.66 Å². The summed E-state index contributed by atoms with van der Waals surface area (Å²) >= 11 is 0. The number of hydrogen-bond acceptors (Lipinski definition) is 6. The zero-order valence-corrected chi connectivity index (χ0v) is 31.1. The minimum Gasteiger partial charge on any atom is -0.363 e. The van der Waals surface area contributed by atoms with Gasteiger partial charge in [0.1, 0.15) is 5.66 Å². The Kier molecular flexibility index (Phi) is 12.8. The lowest BCUT2D eigenvalue weighted by Gasteiger charge is -2.39. The molecule has 1 atom stereocenters. The third-order valence-corrected chi connectivity index (χ3v) is 10.3. The summed E-state index contributed by atoms with van der Waals surface area (Å²) in [5.74, 6) is 0. The Morgan fingerprint density at radius 1 is 0.471 bits per heavy atom. The van der Waals surface area contributed by atoms with Crippen LogP contribution in [-0.2, 0) is 6.42 Å². The molecule has 0 aliphatic carbocycles. The number of unbranched alkanes of at least 4 members (excludes halogenated alkanes) is 11. The van der Waals surface area contributed by atoms with Gasteiger partial charge in [-0.25, -0.2) is 0 Å². The molecule has 6 nitrogen and oxygen atoms in total. The third kappa shape index (κ3) is 9.61. The van der Waals surface area contributed by atoms with Gasteiger partial charge in [0.25, 0.3) is 0 Å².